The zero-order valence-electron chi connectivity index (χ0n) is 19.9. The third-order valence-corrected chi connectivity index (χ3v) is 6.79. The molecule has 0 radical (unpaired) electrons. The predicted octanol–water partition coefficient (Wildman–Crippen LogP) is 5.93. The number of amides is 1. The Labute approximate surface area is 213 Å². The first-order valence-electron chi connectivity index (χ1n) is 12.0. The first-order chi connectivity index (χ1) is 17.5. The zero-order valence-corrected chi connectivity index (χ0v) is 20.7. The lowest BCUT2D eigenvalue weighted by molar-refractivity contribution is -0.137. The molecule has 0 aliphatic rings. The van der Waals surface area contributed by atoms with Crippen LogP contribution in [0.4, 0.5) is 11.4 Å². The van der Waals surface area contributed by atoms with Gasteiger partial charge in [0.25, 0.3) is 5.91 Å². The van der Waals surface area contributed by atoms with Gasteiger partial charge in [-0.2, -0.15) is 0 Å². The Balaban J connectivity index is 1.30. The number of aliphatic carboxylic acids is 1. The second-order valence-electron chi connectivity index (χ2n) is 8.59. The first-order valence-corrected chi connectivity index (χ1v) is 12.8. The Morgan fingerprint density at radius 2 is 1.72 bits per heavy atom. The molecule has 9 heteroatoms. The number of hydrogen-bond acceptors (Lipinski definition) is 6. The second-order valence-corrected chi connectivity index (χ2v) is 9.54. The van der Waals surface area contributed by atoms with Crippen molar-refractivity contribution in [2.75, 3.05) is 11.1 Å². The number of benzene rings is 2. The van der Waals surface area contributed by atoms with E-state index < -0.39 is 5.97 Å². The SMILES string of the molecule is Nc1ccc(-c2cccs2)cc1NC(=O)c1ccc(-c2cn(CCCCCCCC(=O)O)nn2)cc1. The third-order valence-electron chi connectivity index (χ3n) is 5.87. The Morgan fingerprint density at radius 1 is 0.972 bits per heavy atom. The molecule has 0 saturated carbocycles. The highest BCUT2D eigenvalue weighted by Crippen LogP contribution is 2.30. The van der Waals surface area contributed by atoms with E-state index in [0.717, 1.165) is 60.3 Å². The smallest absolute Gasteiger partial charge is 0.303 e. The van der Waals surface area contributed by atoms with Crippen LogP contribution in [0.15, 0.2) is 66.2 Å². The van der Waals surface area contributed by atoms with E-state index in [2.05, 4.69) is 15.6 Å². The van der Waals surface area contributed by atoms with E-state index in [-0.39, 0.29) is 12.3 Å². The lowest BCUT2D eigenvalue weighted by Crippen LogP contribution is -2.13. The van der Waals surface area contributed by atoms with Crippen LogP contribution >= 0.6 is 11.3 Å². The fourth-order valence-corrected chi connectivity index (χ4v) is 4.59. The van der Waals surface area contributed by atoms with E-state index in [1.165, 1.54) is 0 Å². The van der Waals surface area contributed by atoms with Crippen LogP contribution in [0.3, 0.4) is 0 Å². The van der Waals surface area contributed by atoms with Gasteiger partial charge in [0.05, 0.1) is 17.6 Å². The van der Waals surface area contributed by atoms with E-state index in [0.29, 0.717) is 16.9 Å². The molecule has 0 saturated heterocycles. The van der Waals surface area contributed by atoms with Crippen LogP contribution < -0.4 is 11.1 Å². The molecule has 2 aromatic carbocycles. The Morgan fingerprint density at radius 3 is 2.47 bits per heavy atom. The van der Waals surface area contributed by atoms with Crippen molar-refractivity contribution in [1.82, 2.24) is 15.0 Å². The van der Waals surface area contributed by atoms with Gasteiger partial charge in [0.1, 0.15) is 5.69 Å². The lowest BCUT2D eigenvalue weighted by Gasteiger charge is -2.10. The maximum atomic E-state index is 12.8. The minimum absolute atomic E-state index is 0.233. The number of nitrogens with zero attached hydrogens (tertiary/aromatic N) is 3. The fraction of sp³-hybridized carbons (Fsp3) is 0.259. The molecule has 36 heavy (non-hydrogen) atoms. The van der Waals surface area contributed by atoms with Crippen molar-refractivity contribution in [3.8, 4) is 21.7 Å². The summed E-state index contributed by atoms with van der Waals surface area (Å²) in [6, 6.07) is 16.9. The lowest BCUT2D eigenvalue weighted by atomic mass is 10.1. The summed E-state index contributed by atoms with van der Waals surface area (Å²) in [6.45, 7) is 0.762. The predicted molar refractivity (Wildman–Crippen MR) is 143 cm³/mol. The topological polar surface area (TPSA) is 123 Å². The van der Waals surface area contributed by atoms with Gasteiger partial charge < -0.3 is 16.2 Å². The number of aryl methyl sites for hydroxylation is 1. The van der Waals surface area contributed by atoms with Crippen molar-refractivity contribution in [1.29, 1.82) is 0 Å². The minimum atomic E-state index is -0.733. The van der Waals surface area contributed by atoms with Gasteiger partial charge in [-0.05, 0) is 54.1 Å². The van der Waals surface area contributed by atoms with E-state index >= 15 is 0 Å². The quantitative estimate of drug-likeness (QED) is 0.163. The van der Waals surface area contributed by atoms with Gasteiger partial charge in [-0.25, -0.2) is 0 Å². The Hall–Kier alpha value is -3.98. The molecule has 0 spiro atoms. The monoisotopic (exact) mass is 503 g/mol. The van der Waals surface area contributed by atoms with Crippen molar-refractivity contribution in [3.05, 3.63) is 71.7 Å². The number of rotatable bonds is 12. The van der Waals surface area contributed by atoms with Gasteiger partial charge in [0.2, 0.25) is 0 Å². The minimum Gasteiger partial charge on any atom is -0.481 e. The van der Waals surface area contributed by atoms with E-state index in [9.17, 15) is 9.59 Å². The summed E-state index contributed by atoms with van der Waals surface area (Å²) in [6.07, 6.45) is 6.81. The highest BCUT2D eigenvalue weighted by Gasteiger charge is 2.11. The van der Waals surface area contributed by atoms with Gasteiger partial charge in [0.15, 0.2) is 0 Å². The molecule has 4 rings (SSSR count). The van der Waals surface area contributed by atoms with Gasteiger partial charge in [-0.15, -0.1) is 16.4 Å². The summed E-state index contributed by atoms with van der Waals surface area (Å²) in [7, 11) is 0. The van der Waals surface area contributed by atoms with Gasteiger partial charge in [-0.3, -0.25) is 14.3 Å². The van der Waals surface area contributed by atoms with Crippen LogP contribution in [-0.4, -0.2) is 32.0 Å². The molecule has 4 aromatic rings. The van der Waals surface area contributed by atoms with Crippen LogP contribution in [0.25, 0.3) is 21.7 Å². The molecule has 2 heterocycles. The van der Waals surface area contributed by atoms with Crippen molar-refractivity contribution in [3.63, 3.8) is 0 Å². The molecule has 186 valence electrons. The summed E-state index contributed by atoms with van der Waals surface area (Å²) in [4.78, 5) is 24.5. The molecule has 0 unspecified atom stereocenters. The number of nitrogen functional groups attached to an aromatic ring is 1. The third kappa shape index (κ3) is 6.79. The van der Waals surface area contributed by atoms with Gasteiger partial charge in [0, 0.05) is 29.0 Å². The van der Waals surface area contributed by atoms with Crippen LogP contribution in [0.5, 0.6) is 0 Å². The number of carbonyl (C=O) groups is 2. The molecule has 8 nitrogen and oxygen atoms in total. The molecule has 0 atom stereocenters. The molecule has 4 N–H and O–H groups in total. The second kappa shape index (κ2) is 12.1. The summed E-state index contributed by atoms with van der Waals surface area (Å²) >= 11 is 1.63. The molecule has 0 aliphatic heterocycles. The molecule has 0 bridgehead atoms. The fourth-order valence-electron chi connectivity index (χ4n) is 3.87. The number of nitrogens with one attached hydrogen (secondary N) is 1. The van der Waals surface area contributed by atoms with Crippen LogP contribution in [0.1, 0.15) is 48.9 Å². The number of nitrogens with two attached hydrogens (primary N) is 1. The first kappa shape index (κ1) is 25.1. The van der Waals surface area contributed by atoms with Crippen molar-refractivity contribution >= 4 is 34.6 Å². The van der Waals surface area contributed by atoms with Crippen LogP contribution in [0.2, 0.25) is 0 Å². The van der Waals surface area contributed by atoms with Crippen LogP contribution in [-0.2, 0) is 11.3 Å². The number of aromatic nitrogens is 3. The average Bonchev–Trinajstić information content (AvgIpc) is 3.57. The van der Waals surface area contributed by atoms with Crippen molar-refractivity contribution in [2.24, 2.45) is 0 Å². The molecule has 0 fully saturated rings. The largest absolute Gasteiger partial charge is 0.481 e. The summed E-state index contributed by atoms with van der Waals surface area (Å²) < 4.78 is 1.82. The Kier molecular flexibility index (Phi) is 8.46. The zero-order chi connectivity index (χ0) is 25.3. The maximum Gasteiger partial charge on any atom is 0.303 e. The summed E-state index contributed by atoms with van der Waals surface area (Å²) in [5.74, 6) is -0.966. The maximum absolute atomic E-state index is 12.8. The highest BCUT2D eigenvalue weighted by molar-refractivity contribution is 7.13. The Bertz CT molecular complexity index is 1300. The van der Waals surface area contributed by atoms with E-state index in [4.69, 9.17) is 10.8 Å². The van der Waals surface area contributed by atoms with E-state index in [1.807, 2.05) is 52.7 Å². The number of anilines is 2. The molecular formula is C27H29N5O3S. The average molecular weight is 504 g/mol. The number of unbranched alkanes of at least 4 members (excludes halogenated alkanes) is 4. The number of carboxylic acids is 1. The molecule has 0 aliphatic carbocycles. The number of carboxylic acid groups (broad SMARTS) is 1. The number of hydrogen-bond donors (Lipinski definition) is 3. The highest BCUT2D eigenvalue weighted by atomic mass is 32.1. The summed E-state index contributed by atoms with van der Waals surface area (Å²) in [5.41, 5.74) is 10.3. The normalized spacial score (nSPS) is 10.9. The molecular weight excluding hydrogens is 474 g/mol. The van der Waals surface area contributed by atoms with Crippen molar-refractivity contribution < 1.29 is 14.7 Å². The van der Waals surface area contributed by atoms with Crippen molar-refractivity contribution in [2.45, 2.75) is 45.1 Å². The van der Waals surface area contributed by atoms with E-state index in [1.54, 1.807) is 29.5 Å². The number of thiophene rings is 1. The standard InChI is InChI=1S/C27H29N5O3S/c28-22-14-13-21(25-7-6-16-36-25)17-23(22)29-27(35)20-11-9-19(10-12-20)24-18-32(31-30-24)15-5-3-1-2-4-8-26(33)34/h6-7,9-14,16-18H,1-5,8,15,28H2,(H,29,35)(H,33,34). The van der Waals surface area contributed by atoms with Crippen LogP contribution in [0, 0.1) is 0 Å². The molecule has 2 aromatic heterocycles. The number of carbonyl (C=O) groups excluding carboxylic acids is 1. The van der Waals surface area contributed by atoms with Gasteiger partial charge in [-0.1, -0.05) is 48.7 Å². The molecule has 1 amide bonds. The van der Waals surface area contributed by atoms with Gasteiger partial charge >= 0.3 is 5.97 Å². The summed E-state index contributed by atoms with van der Waals surface area (Å²) in [5, 5.41) is 22.1.